The Morgan fingerprint density at radius 3 is 2.62 bits per heavy atom. The molecular formula is C15H17BrN2O3. The maximum Gasteiger partial charge on any atom is 0.328 e. The third-order valence-electron chi connectivity index (χ3n) is 2.91. The van der Waals surface area contributed by atoms with Gasteiger partial charge in [0.25, 0.3) is 5.91 Å². The predicted octanol–water partition coefficient (Wildman–Crippen LogP) is 3.15. The molecule has 0 aliphatic carbocycles. The average Bonchev–Trinajstić information content (AvgIpc) is 2.67. The molecule has 21 heavy (non-hydrogen) atoms. The zero-order chi connectivity index (χ0) is 15.6. The Morgan fingerprint density at radius 1 is 1.38 bits per heavy atom. The molecule has 0 bridgehead atoms. The van der Waals surface area contributed by atoms with E-state index in [0.717, 1.165) is 20.7 Å². The normalized spacial score (nSPS) is 16.8. The summed E-state index contributed by atoms with van der Waals surface area (Å²) >= 11 is 3.44. The zero-order valence-corrected chi connectivity index (χ0v) is 13.7. The molecule has 1 aliphatic heterocycles. The Balaban J connectivity index is 2.24. The molecule has 112 valence electrons. The third kappa shape index (κ3) is 3.44. The summed E-state index contributed by atoms with van der Waals surface area (Å²) in [6, 6.07) is 5.13. The van der Waals surface area contributed by atoms with E-state index < -0.39 is 0 Å². The lowest BCUT2D eigenvalue weighted by atomic mass is 10.2. The number of benzene rings is 1. The van der Waals surface area contributed by atoms with Gasteiger partial charge in [-0.05, 0) is 60.5 Å². The van der Waals surface area contributed by atoms with Crippen LogP contribution in [0.2, 0.25) is 0 Å². The zero-order valence-electron chi connectivity index (χ0n) is 12.1. The van der Waals surface area contributed by atoms with Crippen LogP contribution in [-0.2, 0) is 4.79 Å². The molecule has 1 fully saturated rings. The van der Waals surface area contributed by atoms with Gasteiger partial charge in [0.15, 0.2) is 0 Å². The van der Waals surface area contributed by atoms with Crippen molar-refractivity contribution in [3.05, 3.63) is 33.9 Å². The molecule has 3 amide bonds. The van der Waals surface area contributed by atoms with Crippen molar-refractivity contribution in [1.82, 2.24) is 10.2 Å². The molecule has 1 aliphatic rings. The molecule has 0 unspecified atom stereocenters. The number of ether oxygens (including phenoxy) is 1. The van der Waals surface area contributed by atoms with Crippen molar-refractivity contribution in [1.29, 1.82) is 0 Å². The lowest BCUT2D eigenvalue weighted by Gasteiger charge is -2.11. The SMILES string of the molecule is CCN1C(=O)N/C(=C/c2ccc(OC(C)C)c(Br)c2)C1=O. The van der Waals surface area contributed by atoms with Crippen LogP contribution in [0.3, 0.4) is 0 Å². The smallest absolute Gasteiger partial charge is 0.328 e. The minimum Gasteiger partial charge on any atom is -0.490 e. The summed E-state index contributed by atoms with van der Waals surface area (Å²) in [5.74, 6) is 0.435. The molecule has 6 heteroatoms. The molecule has 1 aromatic carbocycles. The van der Waals surface area contributed by atoms with Gasteiger partial charge in [-0.2, -0.15) is 0 Å². The predicted molar refractivity (Wildman–Crippen MR) is 83.8 cm³/mol. The minimum absolute atomic E-state index is 0.0827. The topological polar surface area (TPSA) is 58.6 Å². The van der Waals surface area contributed by atoms with Gasteiger partial charge in [-0.1, -0.05) is 6.07 Å². The highest BCUT2D eigenvalue weighted by atomic mass is 79.9. The van der Waals surface area contributed by atoms with Crippen LogP contribution in [0, 0.1) is 0 Å². The number of nitrogens with one attached hydrogen (secondary N) is 1. The van der Waals surface area contributed by atoms with E-state index in [9.17, 15) is 9.59 Å². The van der Waals surface area contributed by atoms with E-state index in [0.29, 0.717) is 6.54 Å². The van der Waals surface area contributed by atoms with Crippen LogP contribution in [0.4, 0.5) is 4.79 Å². The van der Waals surface area contributed by atoms with Crippen LogP contribution in [0.15, 0.2) is 28.4 Å². The number of imide groups is 1. The summed E-state index contributed by atoms with van der Waals surface area (Å²) < 4.78 is 6.43. The van der Waals surface area contributed by atoms with Crippen molar-refractivity contribution in [3.8, 4) is 5.75 Å². The second kappa shape index (κ2) is 6.30. The molecule has 0 spiro atoms. The van der Waals surface area contributed by atoms with Gasteiger partial charge in [0, 0.05) is 6.54 Å². The number of hydrogen-bond acceptors (Lipinski definition) is 3. The maximum atomic E-state index is 12.0. The number of rotatable bonds is 4. The number of amides is 3. The van der Waals surface area contributed by atoms with Crippen LogP contribution in [0.5, 0.6) is 5.75 Å². The van der Waals surface area contributed by atoms with Crippen molar-refractivity contribution in [2.24, 2.45) is 0 Å². The summed E-state index contributed by atoms with van der Waals surface area (Å²) in [7, 11) is 0. The summed E-state index contributed by atoms with van der Waals surface area (Å²) in [6.07, 6.45) is 1.74. The molecule has 1 N–H and O–H groups in total. The van der Waals surface area contributed by atoms with E-state index in [-0.39, 0.29) is 23.7 Å². The lowest BCUT2D eigenvalue weighted by molar-refractivity contribution is -0.122. The molecule has 1 heterocycles. The van der Waals surface area contributed by atoms with Crippen molar-refractivity contribution < 1.29 is 14.3 Å². The van der Waals surface area contributed by atoms with Gasteiger partial charge in [-0.3, -0.25) is 9.69 Å². The molecule has 1 saturated heterocycles. The molecular weight excluding hydrogens is 336 g/mol. The Morgan fingerprint density at radius 2 is 2.10 bits per heavy atom. The second-order valence-corrected chi connectivity index (χ2v) is 5.75. The summed E-state index contributed by atoms with van der Waals surface area (Å²) in [6.45, 7) is 6.02. The van der Waals surface area contributed by atoms with Gasteiger partial charge in [0.1, 0.15) is 11.4 Å². The second-order valence-electron chi connectivity index (χ2n) is 4.89. The molecule has 0 atom stereocenters. The fourth-order valence-electron chi connectivity index (χ4n) is 1.98. The Kier molecular flexibility index (Phi) is 4.67. The highest BCUT2D eigenvalue weighted by molar-refractivity contribution is 9.10. The number of nitrogens with zero attached hydrogens (tertiary/aromatic N) is 1. The van der Waals surface area contributed by atoms with E-state index >= 15 is 0 Å². The maximum absolute atomic E-state index is 12.0. The first-order valence-electron chi connectivity index (χ1n) is 6.73. The van der Waals surface area contributed by atoms with Gasteiger partial charge < -0.3 is 10.1 Å². The van der Waals surface area contributed by atoms with E-state index in [1.807, 2.05) is 32.0 Å². The van der Waals surface area contributed by atoms with Gasteiger partial charge in [0.05, 0.1) is 10.6 Å². The van der Waals surface area contributed by atoms with Crippen molar-refractivity contribution >= 4 is 33.9 Å². The van der Waals surface area contributed by atoms with Gasteiger partial charge in [-0.15, -0.1) is 0 Å². The van der Waals surface area contributed by atoms with Crippen molar-refractivity contribution in [2.75, 3.05) is 6.54 Å². The number of halogens is 1. The molecule has 0 aromatic heterocycles. The number of carbonyl (C=O) groups excluding carboxylic acids is 2. The van der Waals surface area contributed by atoms with Crippen molar-refractivity contribution in [2.45, 2.75) is 26.9 Å². The van der Waals surface area contributed by atoms with Crippen LogP contribution in [-0.4, -0.2) is 29.5 Å². The largest absolute Gasteiger partial charge is 0.490 e. The summed E-state index contributed by atoms with van der Waals surface area (Å²) in [4.78, 5) is 24.7. The number of hydrogen-bond donors (Lipinski definition) is 1. The van der Waals surface area contributed by atoms with Gasteiger partial charge in [0.2, 0.25) is 0 Å². The van der Waals surface area contributed by atoms with Crippen LogP contribution in [0.1, 0.15) is 26.3 Å². The standard InChI is InChI=1S/C15H17BrN2O3/c1-4-18-14(19)12(17-15(18)20)8-10-5-6-13(11(16)7-10)21-9(2)3/h5-9H,4H2,1-3H3,(H,17,20)/b12-8+. The average molecular weight is 353 g/mol. The minimum atomic E-state index is -0.382. The first-order valence-corrected chi connectivity index (χ1v) is 7.52. The van der Waals surface area contributed by atoms with E-state index in [1.165, 1.54) is 0 Å². The molecule has 1 aromatic rings. The van der Waals surface area contributed by atoms with Gasteiger partial charge in [-0.25, -0.2) is 4.79 Å². The first-order chi connectivity index (χ1) is 9.92. The third-order valence-corrected chi connectivity index (χ3v) is 3.53. The van der Waals surface area contributed by atoms with Crippen LogP contribution in [0.25, 0.3) is 6.08 Å². The van der Waals surface area contributed by atoms with Crippen LogP contribution < -0.4 is 10.1 Å². The van der Waals surface area contributed by atoms with Crippen LogP contribution >= 0.6 is 15.9 Å². The number of carbonyl (C=O) groups is 2. The summed E-state index contributed by atoms with van der Waals surface area (Å²) in [5, 5.41) is 2.57. The quantitative estimate of drug-likeness (QED) is 0.668. The van der Waals surface area contributed by atoms with Gasteiger partial charge >= 0.3 is 6.03 Å². The molecule has 2 rings (SSSR count). The fourth-order valence-corrected chi connectivity index (χ4v) is 2.47. The van der Waals surface area contributed by atoms with E-state index in [1.54, 1.807) is 13.0 Å². The molecule has 0 radical (unpaired) electrons. The Hall–Kier alpha value is -1.82. The van der Waals surface area contributed by atoms with Crippen molar-refractivity contribution in [3.63, 3.8) is 0 Å². The monoisotopic (exact) mass is 352 g/mol. The number of urea groups is 1. The Bertz CT molecular complexity index is 611. The highest BCUT2D eigenvalue weighted by Gasteiger charge is 2.31. The summed E-state index contributed by atoms with van der Waals surface area (Å²) in [5.41, 5.74) is 1.09. The Labute approximate surface area is 132 Å². The number of likely N-dealkylation sites (N-methyl/N-ethyl adjacent to an activating group) is 1. The lowest BCUT2D eigenvalue weighted by Crippen LogP contribution is -2.30. The highest BCUT2D eigenvalue weighted by Crippen LogP contribution is 2.28. The fraction of sp³-hybridized carbons (Fsp3) is 0.333. The molecule has 5 nitrogen and oxygen atoms in total. The van der Waals surface area contributed by atoms with E-state index in [2.05, 4.69) is 21.2 Å². The first kappa shape index (κ1) is 15.6. The molecule has 0 saturated carbocycles. The van der Waals surface area contributed by atoms with E-state index in [4.69, 9.17) is 4.74 Å².